The van der Waals surface area contributed by atoms with Crippen LogP contribution in [0.5, 0.6) is 0 Å². The standard InChI is InChI=1S/C15H14FNO3S/c1-11-7-9-13(10-8-11)21(18,19)20-17-12(2)14-5-3-4-6-15(14)16/h3-10H,1-2H3/b17-12+. The Morgan fingerprint density at radius 1 is 1.10 bits per heavy atom. The van der Waals surface area contributed by atoms with Crippen molar-refractivity contribution in [2.75, 3.05) is 0 Å². The summed E-state index contributed by atoms with van der Waals surface area (Å²) < 4.78 is 42.0. The van der Waals surface area contributed by atoms with E-state index in [1.54, 1.807) is 18.2 Å². The van der Waals surface area contributed by atoms with E-state index in [4.69, 9.17) is 0 Å². The molecule has 0 spiro atoms. The molecule has 110 valence electrons. The van der Waals surface area contributed by atoms with Crippen molar-refractivity contribution >= 4 is 15.8 Å². The Balaban J connectivity index is 2.23. The molecule has 0 aromatic heterocycles. The van der Waals surface area contributed by atoms with E-state index in [0.29, 0.717) is 0 Å². The van der Waals surface area contributed by atoms with Gasteiger partial charge in [0.1, 0.15) is 10.7 Å². The van der Waals surface area contributed by atoms with Crippen LogP contribution >= 0.6 is 0 Å². The molecule has 0 heterocycles. The molecule has 0 aliphatic heterocycles. The fraction of sp³-hybridized carbons (Fsp3) is 0.133. The second-order valence-corrected chi connectivity index (χ2v) is 6.03. The maximum atomic E-state index is 13.5. The van der Waals surface area contributed by atoms with Gasteiger partial charge >= 0.3 is 10.1 Å². The van der Waals surface area contributed by atoms with Gasteiger partial charge in [-0.25, -0.2) is 4.39 Å². The number of hydrogen-bond acceptors (Lipinski definition) is 4. The van der Waals surface area contributed by atoms with Gasteiger partial charge in [-0.1, -0.05) is 41.1 Å². The highest BCUT2D eigenvalue weighted by molar-refractivity contribution is 7.86. The van der Waals surface area contributed by atoms with E-state index in [9.17, 15) is 12.8 Å². The summed E-state index contributed by atoms with van der Waals surface area (Å²) in [4.78, 5) is -0.00168. The third-order valence-corrected chi connectivity index (χ3v) is 3.97. The summed E-state index contributed by atoms with van der Waals surface area (Å²) in [6, 6.07) is 12.1. The highest BCUT2D eigenvalue weighted by Gasteiger charge is 2.16. The molecule has 0 radical (unpaired) electrons. The van der Waals surface area contributed by atoms with Crippen molar-refractivity contribution in [3.05, 3.63) is 65.5 Å². The summed E-state index contributed by atoms with van der Waals surface area (Å²) in [5.74, 6) is -0.491. The first-order chi connectivity index (χ1) is 9.90. The van der Waals surface area contributed by atoms with Crippen LogP contribution in [-0.4, -0.2) is 14.1 Å². The molecule has 0 saturated heterocycles. The predicted octanol–water partition coefficient (Wildman–Crippen LogP) is 3.26. The Morgan fingerprint density at radius 2 is 1.71 bits per heavy atom. The smallest absolute Gasteiger partial charge is 0.265 e. The van der Waals surface area contributed by atoms with Crippen molar-refractivity contribution in [1.29, 1.82) is 0 Å². The predicted molar refractivity (Wildman–Crippen MR) is 78.1 cm³/mol. The number of oxime groups is 1. The molecule has 2 aromatic rings. The second-order valence-electron chi connectivity index (χ2n) is 4.50. The monoisotopic (exact) mass is 307 g/mol. The van der Waals surface area contributed by atoms with Gasteiger partial charge in [0, 0.05) is 5.56 Å². The molecule has 2 aromatic carbocycles. The Morgan fingerprint density at radius 3 is 2.33 bits per heavy atom. The molecule has 4 nitrogen and oxygen atoms in total. The minimum absolute atomic E-state index is 0.00168. The maximum Gasteiger partial charge on any atom is 0.358 e. The summed E-state index contributed by atoms with van der Waals surface area (Å²) in [6.07, 6.45) is 0. The molecular formula is C15H14FNO3S. The third kappa shape index (κ3) is 3.66. The second kappa shape index (κ2) is 6.05. The zero-order valence-electron chi connectivity index (χ0n) is 11.6. The van der Waals surface area contributed by atoms with Gasteiger partial charge < -0.3 is 0 Å². The van der Waals surface area contributed by atoms with Crippen LogP contribution in [0.25, 0.3) is 0 Å². The average Bonchev–Trinajstić information content (AvgIpc) is 2.46. The van der Waals surface area contributed by atoms with E-state index in [1.807, 2.05) is 6.92 Å². The van der Waals surface area contributed by atoms with Crippen molar-refractivity contribution in [1.82, 2.24) is 0 Å². The van der Waals surface area contributed by atoms with Crippen LogP contribution in [0.4, 0.5) is 4.39 Å². The topological polar surface area (TPSA) is 55.7 Å². The van der Waals surface area contributed by atoms with E-state index in [2.05, 4.69) is 9.44 Å². The van der Waals surface area contributed by atoms with Gasteiger partial charge in [0.2, 0.25) is 0 Å². The number of aryl methyl sites for hydroxylation is 1. The lowest BCUT2D eigenvalue weighted by Crippen LogP contribution is -2.06. The van der Waals surface area contributed by atoms with Crippen molar-refractivity contribution in [3.8, 4) is 0 Å². The SMILES string of the molecule is C/C(=N\OS(=O)(=O)c1ccc(C)cc1)c1ccccc1F. The number of benzene rings is 2. The van der Waals surface area contributed by atoms with Crippen molar-refractivity contribution in [3.63, 3.8) is 0 Å². The number of nitrogens with zero attached hydrogens (tertiary/aromatic N) is 1. The molecule has 2 rings (SSSR count). The molecular weight excluding hydrogens is 293 g/mol. The minimum atomic E-state index is -4.00. The van der Waals surface area contributed by atoms with Crippen LogP contribution < -0.4 is 0 Å². The summed E-state index contributed by atoms with van der Waals surface area (Å²) >= 11 is 0. The van der Waals surface area contributed by atoms with Gasteiger partial charge in [-0.15, -0.1) is 0 Å². The maximum absolute atomic E-state index is 13.5. The quantitative estimate of drug-likeness (QED) is 0.643. The molecule has 21 heavy (non-hydrogen) atoms. The number of halogens is 1. The van der Waals surface area contributed by atoms with Gasteiger partial charge in [-0.05, 0) is 32.0 Å². The van der Waals surface area contributed by atoms with Crippen molar-refractivity contribution < 1.29 is 17.1 Å². The van der Waals surface area contributed by atoms with Crippen molar-refractivity contribution in [2.24, 2.45) is 5.16 Å². The van der Waals surface area contributed by atoms with Gasteiger partial charge in [0.15, 0.2) is 0 Å². The molecule has 0 atom stereocenters. The normalized spacial score (nSPS) is 12.2. The van der Waals surface area contributed by atoms with Crippen LogP contribution in [0.1, 0.15) is 18.1 Å². The van der Waals surface area contributed by atoms with E-state index < -0.39 is 15.9 Å². The number of hydrogen-bond donors (Lipinski definition) is 0. The van der Waals surface area contributed by atoms with Crippen LogP contribution in [0.2, 0.25) is 0 Å². The first-order valence-electron chi connectivity index (χ1n) is 6.20. The first-order valence-corrected chi connectivity index (χ1v) is 7.61. The highest BCUT2D eigenvalue weighted by Crippen LogP contribution is 2.15. The summed E-state index contributed by atoms with van der Waals surface area (Å²) in [5.41, 5.74) is 1.26. The molecule has 0 bridgehead atoms. The summed E-state index contributed by atoms with van der Waals surface area (Å²) in [6.45, 7) is 3.32. The molecule has 0 aliphatic rings. The zero-order valence-corrected chi connectivity index (χ0v) is 12.4. The third-order valence-electron chi connectivity index (χ3n) is 2.85. The molecule has 0 aliphatic carbocycles. The average molecular weight is 307 g/mol. The summed E-state index contributed by atoms with van der Waals surface area (Å²) in [7, 11) is -4.00. The Labute approximate surface area is 123 Å². The molecule has 6 heteroatoms. The minimum Gasteiger partial charge on any atom is -0.265 e. The Bertz CT molecular complexity index is 768. The fourth-order valence-electron chi connectivity index (χ4n) is 1.66. The van der Waals surface area contributed by atoms with Crippen LogP contribution in [0, 0.1) is 12.7 Å². The van der Waals surface area contributed by atoms with Gasteiger partial charge in [-0.2, -0.15) is 8.42 Å². The molecule has 0 fully saturated rings. The van der Waals surface area contributed by atoms with E-state index in [-0.39, 0.29) is 16.2 Å². The summed E-state index contributed by atoms with van der Waals surface area (Å²) in [5, 5.41) is 3.51. The molecule has 0 saturated carbocycles. The lowest BCUT2D eigenvalue weighted by Gasteiger charge is -2.04. The Kier molecular flexibility index (Phi) is 4.37. The molecule has 0 N–H and O–H groups in total. The first kappa shape index (κ1) is 15.2. The fourth-order valence-corrected chi connectivity index (χ4v) is 2.42. The van der Waals surface area contributed by atoms with E-state index >= 15 is 0 Å². The van der Waals surface area contributed by atoms with Gasteiger partial charge in [-0.3, -0.25) is 4.28 Å². The number of rotatable bonds is 4. The largest absolute Gasteiger partial charge is 0.358 e. The van der Waals surface area contributed by atoms with Gasteiger partial charge in [0.05, 0.1) is 5.71 Å². The molecule has 0 amide bonds. The molecule has 0 unspecified atom stereocenters. The zero-order chi connectivity index (χ0) is 15.5. The lowest BCUT2D eigenvalue weighted by molar-refractivity contribution is 0.338. The highest BCUT2D eigenvalue weighted by atomic mass is 32.2. The lowest BCUT2D eigenvalue weighted by atomic mass is 10.1. The van der Waals surface area contributed by atoms with E-state index in [0.717, 1.165) is 5.56 Å². The van der Waals surface area contributed by atoms with Crippen LogP contribution in [-0.2, 0) is 14.4 Å². The Hall–Kier alpha value is -2.21. The van der Waals surface area contributed by atoms with Gasteiger partial charge in [0.25, 0.3) is 0 Å². The van der Waals surface area contributed by atoms with E-state index in [1.165, 1.54) is 37.3 Å². The van der Waals surface area contributed by atoms with Crippen LogP contribution in [0.15, 0.2) is 58.6 Å². The van der Waals surface area contributed by atoms with Crippen molar-refractivity contribution in [2.45, 2.75) is 18.7 Å². The van der Waals surface area contributed by atoms with Crippen LogP contribution in [0.3, 0.4) is 0 Å².